The van der Waals surface area contributed by atoms with Crippen LogP contribution < -0.4 is 10.5 Å². The number of hydrogen-bond donors (Lipinski definition) is 1. The van der Waals surface area contributed by atoms with Gasteiger partial charge in [0.25, 0.3) is 0 Å². The van der Waals surface area contributed by atoms with Crippen LogP contribution in [0.2, 0.25) is 5.02 Å². The van der Waals surface area contributed by atoms with E-state index >= 15 is 0 Å². The predicted octanol–water partition coefficient (Wildman–Crippen LogP) is 3.95. The molecule has 0 aliphatic carbocycles. The van der Waals surface area contributed by atoms with Crippen molar-refractivity contribution in [2.24, 2.45) is 5.73 Å². The molecule has 0 aliphatic rings. The number of hydrogen-bond acceptors (Lipinski definition) is 3. The maximum atomic E-state index is 13.1. The van der Waals surface area contributed by atoms with Gasteiger partial charge in [0.05, 0.1) is 11.2 Å². The number of halogens is 2. The third-order valence-electron chi connectivity index (χ3n) is 2.92. The highest BCUT2D eigenvalue weighted by atomic mass is 35.5. The normalized spacial score (nSPS) is 12.2. The molecular formula is C15H16ClFN2O. The molecule has 5 heteroatoms. The Morgan fingerprint density at radius 2 is 2.10 bits per heavy atom. The van der Waals surface area contributed by atoms with E-state index in [4.69, 9.17) is 22.1 Å². The number of benzene rings is 1. The minimum absolute atomic E-state index is 0.0274. The first kappa shape index (κ1) is 14.8. The van der Waals surface area contributed by atoms with Crippen molar-refractivity contribution in [1.29, 1.82) is 0 Å². The largest absolute Gasteiger partial charge is 0.456 e. The number of ether oxygens (including phenoxy) is 1. The highest BCUT2D eigenvalue weighted by Gasteiger charge is 2.06. The third kappa shape index (κ3) is 3.92. The monoisotopic (exact) mass is 294 g/mol. The van der Waals surface area contributed by atoms with Crippen molar-refractivity contribution < 1.29 is 9.13 Å². The van der Waals surface area contributed by atoms with Gasteiger partial charge in [0.2, 0.25) is 0 Å². The van der Waals surface area contributed by atoms with Gasteiger partial charge in [0.15, 0.2) is 0 Å². The first-order valence-electron chi connectivity index (χ1n) is 6.41. The summed E-state index contributed by atoms with van der Waals surface area (Å²) >= 11 is 5.71. The van der Waals surface area contributed by atoms with Gasteiger partial charge in [-0.15, -0.1) is 0 Å². The Hall–Kier alpha value is -1.65. The average molecular weight is 295 g/mol. The Kier molecular flexibility index (Phi) is 4.93. The smallest absolute Gasteiger partial charge is 0.145 e. The van der Waals surface area contributed by atoms with Crippen molar-refractivity contribution in [1.82, 2.24) is 4.98 Å². The molecule has 0 fully saturated rings. The van der Waals surface area contributed by atoms with Crippen LogP contribution in [0.5, 0.6) is 11.5 Å². The van der Waals surface area contributed by atoms with Crippen molar-refractivity contribution in [3.05, 3.63) is 53.1 Å². The van der Waals surface area contributed by atoms with E-state index in [1.54, 1.807) is 12.4 Å². The third-order valence-corrected chi connectivity index (χ3v) is 3.21. The molecule has 0 saturated heterocycles. The van der Waals surface area contributed by atoms with Crippen molar-refractivity contribution in [3.63, 3.8) is 0 Å². The Bertz CT molecular complexity index is 592. The molecule has 3 nitrogen and oxygen atoms in total. The van der Waals surface area contributed by atoms with E-state index in [9.17, 15) is 4.39 Å². The zero-order valence-corrected chi connectivity index (χ0v) is 11.9. The first-order valence-corrected chi connectivity index (χ1v) is 6.78. The van der Waals surface area contributed by atoms with Gasteiger partial charge in [-0.3, -0.25) is 4.98 Å². The summed E-state index contributed by atoms with van der Waals surface area (Å²) in [6.07, 6.45) is 5.00. The summed E-state index contributed by atoms with van der Waals surface area (Å²) in [6, 6.07) is 6.20. The summed E-state index contributed by atoms with van der Waals surface area (Å²) in [5.74, 6) is 0.573. The highest BCUT2D eigenvalue weighted by molar-refractivity contribution is 6.30. The summed E-state index contributed by atoms with van der Waals surface area (Å²) in [6.45, 7) is 2.04. The van der Waals surface area contributed by atoms with Crippen LogP contribution in [0.15, 0.2) is 36.7 Å². The number of rotatable bonds is 5. The van der Waals surface area contributed by atoms with Gasteiger partial charge < -0.3 is 10.5 Å². The second-order valence-corrected chi connectivity index (χ2v) is 4.99. The van der Waals surface area contributed by atoms with E-state index in [1.807, 2.05) is 13.0 Å². The SMILES string of the molecule is CCC(N)Cc1cncc(Oc2ccc(F)c(Cl)c2)c1. The Morgan fingerprint density at radius 3 is 2.80 bits per heavy atom. The van der Waals surface area contributed by atoms with E-state index in [-0.39, 0.29) is 11.1 Å². The van der Waals surface area contributed by atoms with Crippen molar-refractivity contribution >= 4 is 11.6 Å². The summed E-state index contributed by atoms with van der Waals surface area (Å²) in [7, 11) is 0. The molecule has 2 aromatic rings. The molecule has 1 atom stereocenters. The van der Waals surface area contributed by atoms with E-state index in [0.717, 1.165) is 18.4 Å². The van der Waals surface area contributed by atoms with E-state index < -0.39 is 5.82 Å². The first-order chi connectivity index (χ1) is 9.58. The second-order valence-electron chi connectivity index (χ2n) is 4.58. The molecule has 2 rings (SSSR count). The fourth-order valence-corrected chi connectivity index (χ4v) is 1.93. The summed E-state index contributed by atoms with van der Waals surface area (Å²) < 4.78 is 18.7. The van der Waals surface area contributed by atoms with Crippen LogP contribution in [0, 0.1) is 5.82 Å². The number of aromatic nitrogens is 1. The molecule has 1 aromatic carbocycles. The maximum absolute atomic E-state index is 13.1. The molecule has 0 radical (unpaired) electrons. The minimum atomic E-state index is -0.472. The Balaban J connectivity index is 2.12. The molecule has 0 bridgehead atoms. The average Bonchev–Trinajstić information content (AvgIpc) is 2.43. The van der Waals surface area contributed by atoms with Crippen molar-refractivity contribution in [3.8, 4) is 11.5 Å². The van der Waals surface area contributed by atoms with E-state index in [2.05, 4.69) is 4.98 Å². The molecule has 1 unspecified atom stereocenters. The van der Waals surface area contributed by atoms with Gasteiger partial charge in [-0.25, -0.2) is 4.39 Å². The second kappa shape index (κ2) is 6.68. The fourth-order valence-electron chi connectivity index (χ4n) is 1.75. The predicted molar refractivity (Wildman–Crippen MR) is 77.7 cm³/mol. The van der Waals surface area contributed by atoms with Gasteiger partial charge in [0, 0.05) is 18.3 Å². The van der Waals surface area contributed by atoms with Crippen LogP contribution in [-0.4, -0.2) is 11.0 Å². The van der Waals surface area contributed by atoms with E-state index in [1.165, 1.54) is 18.2 Å². The Morgan fingerprint density at radius 1 is 1.30 bits per heavy atom. The number of nitrogens with zero attached hydrogens (tertiary/aromatic N) is 1. The zero-order valence-electron chi connectivity index (χ0n) is 11.1. The summed E-state index contributed by atoms with van der Waals surface area (Å²) in [5, 5.41) is 0.0274. The summed E-state index contributed by atoms with van der Waals surface area (Å²) in [4.78, 5) is 4.12. The molecule has 20 heavy (non-hydrogen) atoms. The van der Waals surface area contributed by atoms with Crippen molar-refractivity contribution in [2.75, 3.05) is 0 Å². The van der Waals surface area contributed by atoms with Crippen molar-refractivity contribution in [2.45, 2.75) is 25.8 Å². The molecule has 0 aliphatic heterocycles. The lowest BCUT2D eigenvalue weighted by atomic mass is 10.1. The molecular weight excluding hydrogens is 279 g/mol. The quantitative estimate of drug-likeness (QED) is 0.908. The van der Waals surface area contributed by atoms with Crippen LogP contribution in [0.1, 0.15) is 18.9 Å². The highest BCUT2D eigenvalue weighted by Crippen LogP contribution is 2.26. The zero-order chi connectivity index (χ0) is 14.5. The lowest BCUT2D eigenvalue weighted by molar-refractivity contribution is 0.477. The van der Waals surface area contributed by atoms with Crippen LogP contribution in [0.4, 0.5) is 4.39 Å². The molecule has 2 N–H and O–H groups in total. The van der Waals surface area contributed by atoms with Crippen LogP contribution in [0.25, 0.3) is 0 Å². The Labute approximate surface area is 122 Å². The molecule has 1 heterocycles. The summed E-state index contributed by atoms with van der Waals surface area (Å²) in [5.41, 5.74) is 6.92. The van der Waals surface area contributed by atoms with Gasteiger partial charge in [-0.1, -0.05) is 18.5 Å². The van der Waals surface area contributed by atoms with Crippen LogP contribution in [0.3, 0.4) is 0 Å². The molecule has 0 amide bonds. The van der Waals surface area contributed by atoms with Crippen LogP contribution in [-0.2, 0) is 6.42 Å². The number of pyridine rings is 1. The topological polar surface area (TPSA) is 48.1 Å². The van der Waals surface area contributed by atoms with E-state index in [0.29, 0.717) is 11.5 Å². The lowest BCUT2D eigenvalue weighted by Gasteiger charge is -2.10. The van der Waals surface area contributed by atoms with Gasteiger partial charge in [-0.2, -0.15) is 0 Å². The lowest BCUT2D eigenvalue weighted by Crippen LogP contribution is -2.21. The van der Waals surface area contributed by atoms with Crippen LogP contribution >= 0.6 is 11.6 Å². The maximum Gasteiger partial charge on any atom is 0.145 e. The van der Waals surface area contributed by atoms with Gasteiger partial charge in [0.1, 0.15) is 17.3 Å². The fraction of sp³-hybridized carbons (Fsp3) is 0.267. The standard InChI is InChI=1S/C15H16ClFN2O/c1-2-11(18)5-10-6-13(9-19-8-10)20-12-3-4-15(17)14(16)7-12/h3-4,6-9,11H,2,5,18H2,1H3. The number of nitrogens with two attached hydrogens (primary N) is 1. The van der Waals surface area contributed by atoms with Gasteiger partial charge in [-0.05, 0) is 36.6 Å². The molecule has 1 aromatic heterocycles. The minimum Gasteiger partial charge on any atom is -0.456 e. The molecule has 0 spiro atoms. The van der Waals surface area contributed by atoms with Gasteiger partial charge >= 0.3 is 0 Å². The molecule has 0 saturated carbocycles. The molecule has 106 valence electrons.